The molecule has 2 aliphatic heterocycles. The molecule has 2 N–H and O–H groups in total. The predicted molar refractivity (Wildman–Crippen MR) is 143 cm³/mol. The highest BCUT2D eigenvalue weighted by Gasteiger charge is 2.35. The van der Waals surface area contributed by atoms with Gasteiger partial charge in [-0.25, -0.2) is 4.98 Å². The van der Waals surface area contributed by atoms with Crippen LogP contribution in [0.4, 0.5) is 28.8 Å². The van der Waals surface area contributed by atoms with Gasteiger partial charge < -0.3 is 20.4 Å². The molecule has 0 unspecified atom stereocenters. The summed E-state index contributed by atoms with van der Waals surface area (Å²) in [5, 5.41) is 6.81. The Morgan fingerprint density at radius 1 is 0.972 bits per heavy atom. The van der Waals surface area contributed by atoms with Crippen molar-refractivity contribution in [3.05, 3.63) is 65.3 Å². The molecule has 36 heavy (non-hydrogen) atoms. The number of carbonyl (C=O) groups excluding carboxylic acids is 2. The SMILES string of the molecule is Cc1cc(N2CCCCC2)nc(Nc2ccc(NC(=O)[C@H]3CC(=O)N(c4ccc(Cl)cc4)C3)cc2)n1. The summed E-state index contributed by atoms with van der Waals surface area (Å²) in [7, 11) is 0. The molecule has 2 aromatic carbocycles. The number of rotatable bonds is 6. The first-order chi connectivity index (χ1) is 17.4. The number of amides is 2. The van der Waals surface area contributed by atoms with E-state index in [4.69, 9.17) is 16.6 Å². The Labute approximate surface area is 215 Å². The van der Waals surface area contributed by atoms with Crippen molar-refractivity contribution in [2.45, 2.75) is 32.6 Å². The van der Waals surface area contributed by atoms with E-state index in [9.17, 15) is 9.59 Å². The molecule has 9 heteroatoms. The van der Waals surface area contributed by atoms with Crippen LogP contribution < -0.4 is 20.4 Å². The number of nitrogens with one attached hydrogen (secondary N) is 2. The minimum atomic E-state index is -0.417. The highest BCUT2D eigenvalue weighted by molar-refractivity contribution is 6.30. The van der Waals surface area contributed by atoms with Crippen molar-refractivity contribution in [3.8, 4) is 0 Å². The highest BCUT2D eigenvalue weighted by Crippen LogP contribution is 2.28. The van der Waals surface area contributed by atoms with Gasteiger partial charge >= 0.3 is 0 Å². The zero-order chi connectivity index (χ0) is 25.1. The first-order valence-electron chi connectivity index (χ1n) is 12.3. The molecule has 0 saturated carbocycles. The summed E-state index contributed by atoms with van der Waals surface area (Å²) in [6, 6.07) is 16.5. The molecule has 2 amide bonds. The molecular weight excluding hydrogens is 476 g/mol. The maximum absolute atomic E-state index is 12.8. The fourth-order valence-electron chi connectivity index (χ4n) is 4.66. The van der Waals surface area contributed by atoms with Crippen LogP contribution in [0.3, 0.4) is 0 Å². The molecular formula is C27H29ClN6O2. The molecule has 0 aliphatic carbocycles. The van der Waals surface area contributed by atoms with Gasteiger partial charge in [0.2, 0.25) is 17.8 Å². The Morgan fingerprint density at radius 3 is 2.39 bits per heavy atom. The van der Waals surface area contributed by atoms with Crippen LogP contribution in [0, 0.1) is 12.8 Å². The molecule has 5 rings (SSSR count). The number of benzene rings is 2. The van der Waals surface area contributed by atoms with E-state index in [1.165, 1.54) is 19.3 Å². The Morgan fingerprint density at radius 2 is 1.67 bits per heavy atom. The van der Waals surface area contributed by atoms with Gasteiger partial charge in [-0.2, -0.15) is 4.98 Å². The fourth-order valence-corrected chi connectivity index (χ4v) is 4.78. The van der Waals surface area contributed by atoms with Crippen molar-refractivity contribution in [2.75, 3.05) is 40.1 Å². The molecule has 2 fully saturated rings. The van der Waals surface area contributed by atoms with E-state index in [2.05, 4.69) is 20.5 Å². The molecule has 8 nitrogen and oxygen atoms in total. The number of hydrogen-bond donors (Lipinski definition) is 2. The van der Waals surface area contributed by atoms with Crippen molar-refractivity contribution in [1.82, 2.24) is 9.97 Å². The predicted octanol–water partition coefficient (Wildman–Crippen LogP) is 5.16. The van der Waals surface area contributed by atoms with Crippen LogP contribution in [0.25, 0.3) is 0 Å². The lowest BCUT2D eigenvalue weighted by atomic mass is 10.1. The molecule has 2 saturated heterocycles. The topological polar surface area (TPSA) is 90.5 Å². The van der Waals surface area contributed by atoms with E-state index >= 15 is 0 Å². The summed E-state index contributed by atoms with van der Waals surface area (Å²) in [5.41, 5.74) is 3.16. The standard InChI is InChI=1S/C27H29ClN6O2/c1-18-15-24(33-13-3-2-4-14-33)32-27(29-18)31-22-9-7-21(8-10-22)30-26(36)19-16-25(35)34(17-19)23-11-5-20(28)6-12-23/h5-12,15,19H,2-4,13-14,16-17H2,1H3,(H,30,36)(H,29,31,32)/t19-/m0/s1. The number of piperidine rings is 1. The average Bonchev–Trinajstić information content (AvgIpc) is 3.27. The normalized spacial score (nSPS) is 17.8. The third kappa shape index (κ3) is 5.60. The number of halogens is 1. The molecule has 0 spiro atoms. The molecule has 2 aliphatic rings. The summed E-state index contributed by atoms with van der Waals surface area (Å²) in [6.07, 6.45) is 3.82. The lowest BCUT2D eigenvalue weighted by Crippen LogP contribution is -2.30. The first-order valence-corrected chi connectivity index (χ1v) is 12.7. The first kappa shape index (κ1) is 24.1. The lowest BCUT2D eigenvalue weighted by Gasteiger charge is -2.28. The van der Waals surface area contributed by atoms with Crippen molar-refractivity contribution < 1.29 is 9.59 Å². The van der Waals surface area contributed by atoms with E-state index in [1.807, 2.05) is 37.3 Å². The summed E-state index contributed by atoms with van der Waals surface area (Å²) in [5.74, 6) is 0.846. The average molecular weight is 505 g/mol. The van der Waals surface area contributed by atoms with Crippen LogP contribution in [0.5, 0.6) is 0 Å². The van der Waals surface area contributed by atoms with Gasteiger partial charge in [-0.1, -0.05) is 11.6 Å². The second kappa shape index (κ2) is 10.5. The molecule has 1 aromatic heterocycles. The van der Waals surface area contributed by atoms with Gasteiger partial charge in [0.1, 0.15) is 5.82 Å². The minimum absolute atomic E-state index is 0.0703. The lowest BCUT2D eigenvalue weighted by molar-refractivity contribution is -0.122. The van der Waals surface area contributed by atoms with Crippen LogP contribution in [0.1, 0.15) is 31.4 Å². The Balaban J connectivity index is 1.20. The summed E-state index contributed by atoms with van der Waals surface area (Å²) < 4.78 is 0. The Hall–Kier alpha value is -3.65. The highest BCUT2D eigenvalue weighted by atomic mass is 35.5. The van der Waals surface area contributed by atoms with Gasteiger partial charge in [-0.3, -0.25) is 9.59 Å². The molecule has 0 bridgehead atoms. The van der Waals surface area contributed by atoms with Gasteiger partial charge in [0.25, 0.3) is 0 Å². The van der Waals surface area contributed by atoms with Gasteiger partial charge in [0, 0.05) is 59.9 Å². The van der Waals surface area contributed by atoms with Crippen LogP contribution >= 0.6 is 11.6 Å². The third-order valence-electron chi connectivity index (χ3n) is 6.56. The molecule has 1 atom stereocenters. The van der Waals surface area contributed by atoms with Crippen molar-refractivity contribution in [2.24, 2.45) is 5.92 Å². The zero-order valence-electron chi connectivity index (χ0n) is 20.2. The Kier molecular flexibility index (Phi) is 7.04. The summed E-state index contributed by atoms with van der Waals surface area (Å²) in [6.45, 7) is 4.36. The quantitative estimate of drug-likeness (QED) is 0.481. The second-order valence-corrected chi connectivity index (χ2v) is 9.75. The summed E-state index contributed by atoms with van der Waals surface area (Å²) in [4.78, 5) is 38.5. The van der Waals surface area contributed by atoms with Crippen molar-refractivity contribution >= 4 is 52.2 Å². The van der Waals surface area contributed by atoms with Crippen LogP contribution in [-0.2, 0) is 9.59 Å². The van der Waals surface area contributed by atoms with E-state index in [-0.39, 0.29) is 18.2 Å². The van der Waals surface area contributed by atoms with Crippen LogP contribution in [0.15, 0.2) is 54.6 Å². The summed E-state index contributed by atoms with van der Waals surface area (Å²) >= 11 is 5.95. The molecule has 3 aromatic rings. The largest absolute Gasteiger partial charge is 0.356 e. The smallest absolute Gasteiger partial charge is 0.229 e. The van der Waals surface area contributed by atoms with Gasteiger partial charge in [0.05, 0.1) is 5.92 Å². The van der Waals surface area contributed by atoms with Crippen LogP contribution in [-0.4, -0.2) is 41.4 Å². The van der Waals surface area contributed by atoms with Gasteiger partial charge in [-0.15, -0.1) is 0 Å². The third-order valence-corrected chi connectivity index (χ3v) is 6.82. The number of hydrogen-bond acceptors (Lipinski definition) is 6. The number of carbonyl (C=O) groups is 2. The number of anilines is 5. The van der Waals surface area contributed by atoms with Gasteiger partial charge in [-0.05, 0) is 74.7 Å². The number of aryl methyl sites for hydroxylation is 1. The van der Waals surface area contributed by atoms with E-state index in [0.29, 0.717) is 23.2 Å². The zero-order valence-corrected chi connectivity index (χ0v) is 21.0. The molecule has 3 heterocycles. The van der Waals surface area contributed by atoms with Gasteiger partial charge in [0.15, 0.2) is 0 Å². The van der Waals surface area contributed by atoms with Crippen molar-refractivity contribution in [1.29, 1.82) is 0 Å². The number of aromatic nitrogens is 2. The number of nitrogens with zero attached hydrogens (tertiary/aromatic N) is 4. The molecule has 186 valence electrons. The van der Waals surface area contributed by atoms with E-state index < -0.39 is 5.92 Å². The van der Waals surface area contributed by atoms with E-state index in [1.54, 1.807) is 29.2 Å². The minimum Gasteiger partial charge on any atom is -0.356 e. The monoisotopic (exact) mass is 504 g/mol. The van der Waals surface area contributed by atoms with Crippen molar-refractivity contribution in [3.63, 3.8) is 0 Å². The maximum Gasteiger partial charge on any atom is 0.229 e. The second-order valence-electron chi connectivity index (χ2n) is 9.31. The Bertz CT molecular complexity index is 1240. The maximum atomic E-state index is 12.8. The fraction of sp³-hybridized carbons (Fsp3) is 0.333. The molecule has 0 radical (unpaired) electrons. The van der Waals surface area contributed by atoms with Crippen LogP contribution in [0.2, 0.25) is 5.02 Å². The van der Waals surface area contributed by atoms with E-state index in [0.717, 1.165) is 36.0 Å².